The van der Waals surface area contributed by atoms with Crippen molar-refractivity contribution in [2.45, 2.75) is 6.17 Å². The second kappa shape index (κ2) is 3.65. The number of aliphatic carboxylic acids is 1. The van der Waals surface area contributed by atoms with Gasteiger partial charge in [0.2, 0.25) is 6.17 Å². The van der Waals surface area contributed by atoms with Crippen LogP contribution in [0.5, 0.6) is 0 Å². The predicted octanol–water partition coefficient (Wildman–Crippen LogP) is -0.323. The maximum Gasteiger partial charge on any atom is 0.404 e. The van der Waals surface area contributed by atoms with E-state index in [2.05, 4.69) is 0 Å². The Morgan fingerprint density at radius 3 is 2.30 bits per heavy atom. The van der Waals surface area contributed by atoms with Crippen LogP contribution in [0.25, 0.3) is 0 Å². The van der Waals surface area contributed by atoms with Crippen LogP contribution in [0.15, 0.2) is 0 Å². The smallest absolute Gasteiger partial charge is 0.404 e. The van der Waals surface area contributed by atoms with Gasteiger partial charge in [0, 0.05) is 0 Å². The second-order valence-electron chi connectivity index (χ2n) is 1.49. The zero-order chi connectivity index (χ0) is 8.15. The fourth-order valence-corrected chi connectivity index (χ4v) is 0.264. The minimum absolute atomic E-state index is 0.718. The van der Waals surface area contributed by atoms with E-state index in [-0.39, 0.29) is 0 Å². The van der Waals surface area contributed by atoms with Crippen molar-refractivity contribution >= 4 is 12.1 Å². The molecule has 0 aliphatic heterocycles. The number of carboxylic acids is 1. The van der Waals surface area contributed by atoms with Crippen LogP contribution in [0.3, 0.4) is 0 Å². The van der Waals surface area contributed by atoms with Crippen molar-refractivity contribution in [3.63, 3.8) is 0 Å². The molecular weight excluding hydrogens is 145 g/mol. The maximum absolute atomic E-state index is 12.0. The number of halogens is 1. The summed E-state index contributed by atoms with van der Waals surface area (Å²) in [5.41, 5.74) is 0. The molecule has 10 heavy (non-hydrogen) atoms. The molecule has 0 aliphatic rings. The molecule has 0 aromatic rings. The highest BCUT2D eigenvalue weighted by molar-refractivity contribution is 5.73. The minimum Gasteiger partial charge on any atom is -0.479 e. The fraction of sp³-hybridized carbons (Fsp3) is 0.500. The predicted molar refractivity (Wildman–Crippen MR) is 28.6 cm³/mol. The van der Waals surface area contributed by atoms with Crippen molar-refractivity contribution in [1.82, 2.24) is 5.32 Å². The van der Waals surface area contributed by atoms with E-state index in [0.717, 1.165) is 0 Å². The van der Waals surface area contributed by atoms with Gasteiger partial charge in [0.15, 0.2) is 0 Å². The molecule has 58 valence electrons. The Bertz CT molecular complexity index is 148. The molecule has 0 fully saturated rings. The van der Waals surface area contributed by atoms with E-state index < -0.39 is 24.8 Å². The highest BCUT2D eigenvalue weighted by Crippen LogP contribution is 1.86. The largest absolute Gasteiger partial charge is 0.479 e. The van der Waals surface area contributed by atoms with Crippen LogP contribution < -0.4 is 5.32 Å². The Balaban J connectivity index is 3.49. The Morgan fingerprint density at radius 2 is 2.00 bits per heavy atom. The van der Waals surface area contributed by atoms with E-state index in [4.69, 9.17) is 10.2 Å². The Kier molecular flexibility index (Phi) is 3.16. The van der Waals surface area contributed by atoms with Gasteiger partial charge in [-0.15, -0.1) is 0 Å². The van der Waals surface area contributed by atoms with E-state index in [1.54, 1.807) is 5.32 Å². The average Bonchev–Trinajstić information content (AvgIpc) is 1.82. The molecule has 0 bridgehead atoms. The van der Waals surface area contributed by atoms with Gasteiger partial charge in [0.05, 0.1) is 6.54 Å². The number of hydrogen-bond donors (Lipinski definition) is 3. The van der Waals surface area contributed by atoms with Crippen molar-refractivity contribution < 1.29 is 24.2 Å². The zero-order valence-electron chi connectivity index (χ0n) is 4.87. The summed E-state index contributed by atoms with van der Waals surface area (Å²) in [4.78, 5) is 19.4. The summed E-state index contributed by atoms with van der Waals surface area (Å²) in [5.74, 6) is -1.67. The number of nitrogens with one attached hydrogen (secondary N) is 1. The third-order valence-corrected chi connectivity index (χ3v) is 0.700. The number of alkyl halides is 1. The van der Waals surface area contributed by atoms with Crippen LogP contribution in [0.4, 0.5) is 9.18 Å². The van der Waals surface area contributed by atoms with Gasteiger partial charge in [-0.25, -0.2) is 14.0 Å². The number of carboxylic acid groups (broad SMARTS) is 2. The number of carbonyl (C=O) groups is 2. The Labute approximate surface area is 55.5 Å². The molecule has 3 N–H and O–H groups in total. The number of amides is 1. The molecule has 0 aromatic heterocycles. The molecule has 1 atom stereocenters. The summed E-state index contributed by atoms with van der Waals surface area (Å²) in [5, 5.41) is 17.3. The van der Waals surface area contributed by atoms with Gasteiger partial charge in [-0.2, -0.15) is 0 Å². The molecule has 0 saturated carbocycles. The SMILES string of the molecule is O=C(O)NCC(F)C(=O)O. The summed E-state index contributed by atoms with van der Waals surface area (Å²) in [6.45, 7) is -0.718. The van der Waals surface area contributed by atoms with Crippen molar-refractivity contribution in [3.05, 3.63) is 0 Å². The van der Waals surface area contributed by atoms with Crippen LogP contribution in [0, 0.1) is 0 Å². The average molecular weight is 151 g/mol. The minimum atomic E-state index is -2.17. The third kappa shape index (κ3) is 3.65. The zero-order valence-corrected chi connectivity index (χ0v) is 4.87. The summed E-state index contributed by atoms with van der Waals surface area (Å²) >= 11 is 0. The number of rotatable bonds is 3. The number of hydrogen-bond acceptors (Lipinski definition) is 2. The molecule has 0 radical (unpaired) electrons. The third-order valence-electron chi connectivity index (χ3n) is 0.700. The second-order valence-corrected chi connectivity index (χ2v) is 1.49. The molecule has 1 amide bonds. The van der Waals surface area contributed by atoms with Crippen molar-refractivity contribution in [1.29, 1.82) is 0 Å². The maximum atomic E-state index is 12.0. The first-order chi connectivity index (χ1) is 4.54. The first kappa shape index (κ1) is 8.67. The first-order valence-corrected chi connectivity index (χ1v) is 2.37. The van der Waals surface area contributed by atoms with Crippen LogP contribution in [-0.4, -0.2) is 35.0 Å². The molecule has 6 heteroatoms. The lowest BCUT2D eigenvalue weighted by Crippen LogP contribution is -2.32. The molecule has 0 saturated heterocycles. The molecule has 0 aromatic carbocycles. The summed E-state index contributed by atoms with van der Waals surface area (Å²) in [6, 6.07) is 0. The van der Waals surface area contributed by atoms with Crippen LogP contribution >= 0.6 is 0 Å². The molecule has 0 heterocycles. The van der Waals surface area contributed by atoms with E-state index >= 15 is 0 Å². The van der Waals surface area contributed by atoms with Gasteiger partial charge in [0.25, 0.3) is 0 Å². The quantitative estimate of drug-likeness (QED) is 0.515. The standard InChI is InChI=1S/C4H6FNO4/c5-2(3(7)8)1-6-4(9)10/h2,6H,1H2,(H,7,8)(H,9,10). The van der Waals surface area contributed by atoms with Gasteiger partial charge < -0.3 is 15.5 Å². The lowest BCUT2D eigenvalue weighted by molar-refractivity contribution is -0.142. The van der Waals surface area contributed by atoms with Gasteiger partial charge in [-0.1, -0.05) is 0 Å². The topological polar surface area (TPSA) is 86.6 Å². The van der Waals surface area contributed by atoms with Gasteiger partial charge in [-0.05, 0) is 0 Å². The van der Waals surface area contributed by atoms with Crippen LogP contribution in [0.1, 0.15) is 0 Å². The summed E-state index contributed by atoms with van der Waals surface area (Å²) < 4.78 is 12.0. The fourth-order valence-electron chi connectivity index (χ4n) is 0.264. The van der Waals surface area contributed by atoms with Gasteiger partial charge in [0.1, 0.15) is 0 Å². The normalized spacial score (nSPS) is 12.1. The highest BCUT2D eigenvalue weighted by Gasteiger charge is 2.15. The lowest BCUT2D eigenvalue weighted by atomic mass is 10.4. The lowest BCUT2D eigenvalue weighted by Gasteiger charge is -2.00. The van der Waals surface area contributed by atoms with E-state index in [1.165, 1.54) is 0 Å². The van der Waals surface area contributed by atoms with E-state index in [9.17, 15) is 14.0 Å². The molecule has 5 nitrogen and oxygen atoms in total. The summed E-state index contributed by atoms with van der Waals surface area (Å²) in [6.07, 6.45) is -3.61. The van der Waals surface area contributed by atoms with Gasteiger partial charge in [-0.3, -0.25) is 0 Å². The van der Waals surface area contributed by atoms with E-state index in [1.807, 2.05) is 0 Å². The van der Waals surface area contributed by atoms with Crippen molar-refractivity contribution in [3.8, 4) is 0 Å². The van der Waals surface area contributed by atoms with Crippen molar-refractivity contribution in [2.75, 3.05) is 6.54 Å². The first-order valence-electron chi connectivity index (χ1n) is 2.37. The molecule has 1 unspecified atom stereocenters. The monoisotopic (exact) mass is 151 g/mol. The van der Waals surface area contributed by atoms with Gasteiger partial charge >= 0.3 is 12.1 Å². The Morgan fingerprint density at radius 1 is 1.50 bits per heavy atom. The molecule has 0 spiro atoms. The van der Waals surface area contributed by atoms with Crippen LogP contribution in [0.2, 0.25) is 0 Å². The molecular formula is C4H6FNO4. The van der Waals surface area contributed by atoms with E-state index in [0.29, 0.717) is 0 Å². The van der Waals surface area contributed by atoms with Crippen LogP contribution in [-0.2, 0) is 4.79 Å². The molecule has 0 aliphatic carbocycles. The molecule has 0 rings (SSSR count). The van der Waals surface area contributed by atoms with Crippen molar-refractivity contribution in [2.24, 2.45) is 0 Å². The summed E-state index contributed by atoms with van der Waals surface area (Å²) in [7, 11) is 0. The highest BCUT2D eigenvalue weighted by atomic mass is 19.1. The Hall–Kier alpha value is -1.33.